The second-order valence-corrected chi connectivity index (χ2v) is 5.50. The molecule has 120 valence electrons. The Bertz CT molecular complexity index is 742. The van der Waals surface area contributed by atoms with E-state index in [1.54, 1.807) is 49.5 Å². The van der Waals surface area contributed by atoms with Crippen molar-refractivity contribution in [3.8, 4) is 17.2 Å². The molecule has 23 heavy (non-hydrogen) atoms. The molecule has 1 heterocycles. The Balaban J connectivity index is 1.88. The third-order valence-corrected chi connectivity index (χ3v) is 4.13. The minimum Gasteiger partial charge on any atom is -0.508 e. The van der Waals surface area contributed by atoms with Crippen molar-refractivity contribution in [1.82, 2.24) is 4.90 Å². The van der Waals surface area contributed by atoms with Gasteiger partial charge in [-0.3, -0.25) is 4.79 Å². The summed E-state index contributed by atoms with van der Waals surface area (Å²) in [6.45, 7) is 1.13. The minimum absolute atomic E-state index is 0.0838. The van der Waals surface area contributed by atoms with Gasteiger partial charge in [0.15, 0.2) is 0 Å². The number of ether oxygens (including phenoxy) is 2. The smallest absolute Gasteiger partial charge is 0.258 e. The number of carbonyl (C=O) groups is 1. The molecule has 2 aromatic rings. The highest BCUT2D eigenvalue weighted by Crippen LogP contribution is 2.28. The Morgan fingerprint density at radius 3 is 2.65 bits per heavy atom. The summed E-state index contributed by atoms with van der Waals surface area (Å²) in [5, 5.41) is 9.56. The molecule has 0 saturated carbocycles. The van der Waals surface area contributed by atoms with Gasteiger partial charge in [-0.05, 0) is 47.9 Å². The monoisotopic (exact) mass is 313 g/mol. The van der Waals surface area contributed by atoms with Crippen LogP contribution in [0.15, 0.2) is 36.4 Å². The highest BCUT2D eigenvalue weighted by Gasteiger charge is 2.24. The Morgan fingerprint density at radius 1 is 1.09 bits per heavy atom. The maximum atomic E-state index is 12.9. The molecule has 1 aliphatic rings. The van der Waals surface area contributed by atoms with Gasteiger partial charge >= 0.3 is 0 Å². The lowest BCUT2D eigenvalue weighted by molar-refractivity contribution is 0.0731. The van der Waals surface area contributed by atoms with Gasteiger partial charge in [-0.25, -0.2) is 0 Å². The van der Waals surface area contributed by atoms with Gasteiger partial charge in [0.25, 0.3) is 5.91 Å². The van der Waals surface area contributed by atoms with E-state index >= 15 is 0 Å². The number of amides is 1. The fourth-order valence-corrected chi connectivity index (χ4v) is 2.86. The van der Waals surface area contributed by atoms with Crippen LogP contribution < -0.4 is 9.47 Å². The van der Waals surface area contributed by atoms with Crippen LogP contribution in [-0.2, 0) is 13.0 Å². The third-order valence-electron chi connectivity index (χ3n) is 4.13. The van der Waals surface area contributed by atoms with Crippen molar-refractivity contribution in [1.29, 1.82) is 0 Å². The third kappa shape index (κ3) is 2.95. The van der Waals surface area contributed by atoms with Crippen molar-refractivity contribution < 1.29 is 19.4 Å². The highest BCUT2D eigenvalue weighted by atomic mass is 16.5. The zero-order chi connectivity index (χ0) is 16.4. The van der Waals surface area contributed by atoms with E-state index in [4.69, 9.17) is 9.47 Å². The first-order valence-electron chi connectivity index (χ1n) is 7.44. The van der Waals surface area contributed by atoms with Crippen molar-refractivity contribution in [3.05, 3.63) is 53.1 Å². The van der Waals surface area contributed by atoms with E-state index in [-0.39, 0.29) is 11.7 Å². The number of nitrogens with zero attached hydrogens (tertiary/aromatic N) is 1. The number of aromatic hydroxyl groups is 1. The number of rotatable bonds is 3. The van der Waals surface area contributed by atoms with Gasteiger partial charge in [-0.15, -0.1) is 0 Å². The van der Waals surface area contributed by atoms with Crippen LogP contribution in [-0.4, -0.2) is 36.7 Å². The summed E-state index contributed by atoms with van der Waals surface area (Å²) >= 11 is 0. The SMILES string of the molecule is COc1ccc(OC)c(C(=O)N2CCc3cc(O)ccc3C2)c1. The van der Waals surface area contributed by atoms with E-state index in [2.05, 4.69) is 0 Å². The van der Waals surface area contributed by atoms with Crippen molar-refractivity contribution in [2.75, 3.05) is 20.8 Å². The summed E-state index contributed by atoms with van der Waals surface area (Å²) in [4.78, 5) is 14.7. The molecule has 0 atom stereocenters. The number of hydrogen-bond donors (Lipinski definition) is 1. The van der Waals surface area contributed by atoms with Crippen LogP contribution in [0.25, 0.3) is 0 Å². The van der Waals surface area contributed by atoms with E-state index in [0.29, 0.717) is 30.2 Å². The van der Waals surface area contributed by atoms with Crippen molar-refractivity contribution in [2.45, 2.75) is 13.0 Å². The summed E-state index contributed by atoms with van der Waals surface area (Å²) in [7, 11) is 3.12. The molecule has 0 bridgehead atoms. The first kappa shape index (κ1) is 15.2. The lowest BCUT2D eigenvalue weighted by Gasteiger charge is -2.29. The van der Waals surface area contributed by atoms with Gasteiger partial charge in [-0.1, -0.05) is 6.07 Å². The number of fused-ring (bicyclic) bond motifs is 1. The Morgan fingerprint density at radius 2 is 1.91 bits per heavy atom. The first-order chi connectivity index (χ1) is 11.1. The zero-order valence-electron chi connectivity index (χ0n) is 13.2. The van der Waals surface area contributed by atoms with Crippen LogP contribution in [0.4, 0.5) is 0 Å². The molecule has 0 aromatic heterocycles. The Kier molecular flexibility index (Phi) is 4.10. The number of benzene rings is 2. The van der Waals surface area contributed by atoms with Crippen LogP contribution in [0.1, 0.15) is 21.5 Å². The molecule has 1 N–H and O–H groups in total. The largest absolute Gasteiger partial charge is 0.508 e. The number of methoxy groups -OCH3 is 2. The summed E-state index contributed by atoms with van der Waals surface area (Å²) < 4.78 is 10.5. The number of phenolic OH excluding ortho intramolecular Hbond substituents is 1. The molecular formula is C18H19NO4. The van der Waals surface area contributed by atoms with Gasteiger partial charge in [0.05, 0.1) is 19.8 Å². The maximum Gasteiger partial charge on any atom is 0.258 e. The normalized spacial score (nSPS) is 13.4. The average molecular weight is 313 g/mol. The van der Waals surface area contributed by atoms with Gasteiger partial charge in [0.1, 0.15) is 17.2 Å². The second kappa shape index (κ2) is 6.20. The van der Waals surface area contributed by atoms with Crippen molar-refractivity contribution in [3.63, 3.8) is 0 Å². The van der Waals surface area contributed by atoms with Crippen LogP contribution in [0.2, 0.25) is 0 Å². The standard InChI is InChI=1S/C18H19NO4/c1-22-15-5-6-17(23-2)16(10-15)18(21)19-8-7-12-9-14(20)4-3-13(12)11-19/h3-6,9-10,20H,7-8,11H2,1-2H3. The molecule has 0 saturated heterocycles. The molecular weight excluding hydrogens is 294 g/mol. The van der Waals surface area contributed by atoms with Gasteiger partial charge in [-0.2, -0.15) is 0 Å². The number of carbonyl (C=O) groups excluding carboxylic acids is 1. The summed E-state index contributed by atoms with van der Waals surface area (Å²) in [6, 6.07) is 10.5. The van der Waals surface area contributed by atoms with Gasteiger partial charge in [0, 0.05) is 13.1 Å². The van der Waals surface area contributed by atoms with Gasteiger partial charge in [0.2, 0.25) is 0 Å². The molecule has 3 rings (SSSR count). The quantitative estimate of drug-likeness (QED) is 0.946. The van der Waals surface area contributed by atoms with E-state index in [0.717, 1.165) is 17.5 Å². The zero-order valence-corrected chi connectivity index (χ0v) is 13.2. The van der Waals surface area contributed by atoms with E-state index in [9.17, 15) is 9.90 Å². The molecule has 1 aliphatic heterocycles. The first-order valence-corrected chi connectivity index (χ1v) is 7.44. The second-order valence-electron chi connectivity index (χ2n) is 5.50. The Hall–Kier alpha value is -2.69. The molecule has 0 radical (unpaired) electrons. The molecule has 2 aromatic carbocycles. The van der Waals surface area contributed by atoms with E-state index < -0.39 is 0 Å². The topological polar surface area (TPSA) is 59.0 Å². The molecule has 0 unspecified atom stereocenters. The maximum absolute atomic E-state index is 12.9. The van der Waals surface area contributed by atoms with Gasteiger partial charge < -0.3 is 19.5 Å². The Labute approximate surface area is 135 Å². The van der Waals surface area contributed by atoms with E-state index in [1.807, 2.05) is 6.07 Å². The van der Waals surface area contributed by atoms with E-state index in [1.165, 1.54) is 0 Å². The molecule has 0 aliphatic carbocycles. The fourth-order valence-electron chi connectivity index (χ4n) is 2.86. The average Bonchev–Trinajstić information content (AvgIpc) is 2.60. The fraction of sp³-hybridized carbons (Fsp3) is 0.278. The minimum atomic E-state index is -0.0838. The molecule has 5 nitrogen and oxygen atoms in total. The predicted molar refractivity (Wildman–Crippen MR) is 86.1 cm³/mol. The lowest BCUT2D eigenvalue weighted by atomic mass is 9.98. The van der Waals surface area contributed by atoms with Crippen LogP contribution in [0.5, 0.6) is 17.2 Å². The molecule has 0 spiro atoms. The molecule has 5 heteroatoms. The summed E-state index contributed by atoms with van der Waals surface area (Å²) in [5.41, 5.74) is 2.64. The van der Waals surface area contributed by atoms with Crippen LogP contribution in [0, 0.1) is 0 Å². The highest BCUT2D eigenvalue weighted by molar-refractivity contribution is 5.97. The molecule has 0 fully saturated rings. The predicted octanol–water partition coefficient (Wildman–Crippen LogP) is 2.61. The summed E-state index contributed by atoms with van der Waals surface area (Å²) in [5.74, 6) is 1.33. The van der Waals surface area contributed by atoms with Crippen LogP contribution in [0.3, 0.4) is 0 Å². The lowest BCUT2D eigenvalue weighted by Crippen LogP contribution is -2.36. The molecule has 1 amide bonds. The van der Waals surface area contributed by atoms with Crippen molar-refractivity contribution in [2.24, 2.45) is 0 Å². The van der Waals surface area contributed by atoms with Crippen LogP contribution >= 0.6 is 0 Å². The summed E-state index contributed by atoms with van der Waals surface area (Å²) in [6.07, 6.45) is 0.724. The number of phenols is 1. The van der Waals surface area contributed by atoms with Crippen molar-refractivity contribution >= 4 is 5.91 Å². The number of hydrogen-bond acceptors (Lipinski definition) is 4.